The van der Waals surface area contributed by atoms with Crippen LogP contribution in [0.15, 0.2) is 65.8 Å². The fourth-order valence-corrected chi connectivity index (χ4v) is 5.91. The van der Waals surface area contributed by atoms with Crippen LogP contribution in [0, 0.1) is 12.8 Å². The summed E-state index contributed by atoms with van der Waals surface area (Å²) in [7, 11) is -3.77. The number of nitrogens with two attached hydrogens (primary N) is 1. The highest BCUT2D eigenvalue weighted by molar-refractivity contribution is 7.86. The van der Waals surface area contributed by atoms with E-state index in [9.17, 15) is 8.42 Å². The first-order chi connectivity index (χ1) is 17.9. The van der Waals surface area contributed by atoms with E-state index in [-0.39, 0.29) is 23.3 Å². The van der Waals surface area contributed by atoms with Gasteiger partial charge >= 0.3 is 0 Å². The Kier molecular flexibility index (Phi) is 7.14. The van der Waals surface area contributed by atoms with Crippen molar-refractivity contribution in [3.63, 3.8) is 0 Å². The average Bonchev–Trinajstić information content (AvgIpc) is 3.30. The topological polar surface area (TPSA) is 129 Å². The van der Waals surface area contributed by atoms with Crippen molar-refractivity contribution in [2.45, 2.75) is 43.4 Å². The molecule has 1 saturated carbocycles. The molecule has 0 aliphatic heterocycles. The number of hydrogen-bond donors (Lipinski definition) is 2. The van der Waals surface area contributed by atoms with Crippen LogP contribution in [0.1, 0.15) is 43.0 Å². The van der Waals surface area contributed by atoms with Gasteiger partial charge in [0.2, 0.25) is 0 Å². The molecule has 3 N–H and O–H groups in total. The first kappa shape index (κ1) is 25.2. The summed E-state index contributed by atoms with van der Waals surface area (Å²) in [5.74, 6) is 2.16. The maximum atomic E-state index is 12.6. The van der Waals surface area contributed by atoms with Gasteiger partial charge in [-0.3, -0.25) is 8.58 Å². The summed E-state index contributed by atoms with van der Waals surface area (Å²) >= 11 is 0. The summed E-state index contributed by atoms with van der Waals surface area (Å²) in [6.45, 7) is 1.67. The van der Waals surface area contributed by atoms with Crippen LogP contribution in [0.2, 0.25) is 0 Å². The highest BCUT2D eigenvalue weighted by Crippen LogP contribution is 2.39. The van der Waals surface area contributed by atoms with Crippen molar-refractivity contribution in [3.8, 4) is 17.0 Å². The van der Waals surface area contributed by atoms with Gasteiger partial charge in [-0.25, -0.2) is 9.97 Å². The van der Waals surface area contributed by atoms with Crippen LogP contribution in [0.3, 0.4) is 0 Å². The summed E-state index contributed by atoms with van der Waals surface area (Å²) in [6.07, 6.45) is 6.91. The summed E-state index contributed by atoms with van der Waals surface area (Å²) in [5, 5.41) is 9.13. The Hall–Kier alpha value is -3.47. The molecule has 2 aromatic carbocycles. The number of imidazole rings is 1. The Labute approximate surface area is 216 Å². The fraction of sp³-hybridized carbons (Fsp3) is 0.333. The molecule has 10 heteroatoms. The van der Waals surface area contributed by atoms with Gasteiger partial charge in [-0.05, 0) is 62.8 Å². The number of aryl methyl sites for hydroxylation is 1. The molecule has 0 saturated heterocycles. The highest BCUT2D eigenvalue weighted by Gasteiger charge is 2.29. The first-order valence-corrected chi connectivity index (χ1v) is 13.7. The number of anilines is 1. The first-order valence-electron chi connectivity index (χ1n) is 12.3. The number of aliphatic hydroxyl groups is 1. The number of nitrogen functional groups attached to an aromatic ring is 1. The lowest BCUT2D eigenvalue weighted by molar-refractivity contribution is 0.0986. The van der Waals surface area contributed by atoms with Gasteiger partial charge in [-0.15, -0.1) is 0 Å². The van der Waals surface area contributed by atoms with Crippen molar-refractivity contribution in [2.75, 3.05) is 19.1 Å². The zero-order valence-electron chi connectivity index (χ0n) is 20.6. The van der Waals surface area contributed by atoms with Gasteiger partial charge in [0.15, 0.2) is 6.79 Å². The number of rotatable bonds is 8. The van der Waals surface area contributed by atoms with Gasteiger partial charge in [-0.1, -0.05) is 29.8 Å². The van der Waals surface area contributed by atoms with Gasteiger partial charge in [0.1, 0.15) is 28.6 Å². The van der Waals surface area contributed by atoms with E-state index in [1.54, 1.807) is 36.5 Å². The Morgan fingerprint density at radius 3 is 2.59 bits per heavy atom. The van der Waals surface area contributed by atoms with Crippen molar-refractivity contribution in [2.24, 2.45) is 5.92 Å². The van der Waals surface area contributed by atoms with Crippen molar-refractivity contribution in [3.05, 3.63) is 72.3 Å². The summed E-state index contributed by atoms with van der Waals surface area (Å²) in [4.78, 5) is 9.46. The lowest BCUT2D eigenvalue weighted by atomic mass is 9.82. The van der Waals surface area contributed by atoms with Crippen molar-refractivity contribution in [1.29, 1.82) is 0 Å². The predicted molar refractivity (Wildman–Crippen MR) is 140 cm³/mol. The quantitative estimate of drug-likeness (QED) is 0.259. The van der Waals surface area contributed by atoms with Gasteiger partial charge < -0.3 is 15.6 Å². The van der Waals surface area contributed by atoms with Gasteiger partial charge in [0.05, 0.1) is 11.5 Å². The Balaban J connectivity index is 1.32. The van der Waals surface area contributed by atoms with Crippen molar-refractivity contribution in [1.82, 2.24) is 14.4 Å². The third kappa shape index (κ3) is 5.31. The molecular weight excluding hydrogens is 492 g/mol. The minimum atomic E-state index is -3.77. The van der Waals surface area contributed by atoms with Crippen molar-refractivity contribution >= 4 is 21.5 Å². The average molecular weight is 523 g/mol. The van der Waals surface area contributed by atoms with E-state index in [2.05, 4.69) is 4.98 Å². The molecule has 0 bridgehead atoms. The van der Waals surface area contributed by atoms with E-state index in [1.165, 1.54) is 0 Å². The summed E-state index contributed by atoms with van der Waals surface area (Å²) in [6, 6.07) is 14.0. The van der Waals surface area contributed by atoms with Gasteiger partial charge in [0.25, 0.3) is 10.1 Å². The second-order valence-electron chi connectivity index (χ2n) is 9.42. The van der Waals surface area contributed by atoms with Crippen LogP contribution < -0.4 is 10.5 Å². The van der Waals surface area contributed by atoms with Crippen LogP contribution >= 0.6 is 0 Å². The van der Waals surface area contributed by atoms with Crippen LogP contribution in [0.25, 0.3) is 16.8 Å². The summed E-state index contributed by atoms with van der Waals surface area (Å²) in [5.41, 5.74) is 9.53. The molecule has 0 amide bonds. The second-order valence-corrected chi connectivity index (χ2v) is 11.0. The molecule has 0 atom stereocenters. The van der Waals surface area contributed by atoms with E-state index in [0.29, 0.717) is 17.3 Å². The maximum absolute atomic E-state index is 12.6. The molecule has 9 nitrogen and oxygen atoms in total. The summed E-state index contributed by atoms with van der Waals surface area (Å²) < 4.78 is 37.8. The van der Waals surface area contributed by atoms with E-state index >= 15 is 0 Å². The molecule has 37 heavy (non-hydrogen) atoms. The molecule has 0 radical (unpaired) electrons. The normalized spacial score (nSPS) is 18.2. The van der Waals surface area contributed by atoms with Crippen LogP contribution in [-0.2, 0) is 14.3 Å². The van der Waals surface area contributed by atoms with E-state index in [4.69, 9.17) is 24.7 Å². The minimum Gasteiger partial charge on any atom is -0.468 e. The second kappa shape index (κ2) is 10.5. The predicted octanol–water partition coefficient (Wildman–Crippen LogP) is 4.29. The zero-order valence-corrected chi connectivity index (χ0v) is 21.4. The van der Waals surface area contributed by atoms with Crippen LogP contribution in [0.4, 0.5) is 5.82 Å². The molecule has 1 fully saturated rings. The fourth-order valence-electron chi connectivity index (χ4n) is 4.93. The SMILES string of the molecule is Cc1ccc(S(=O)(=O)OCC2CCC(c3nc(-c4cccc(OCO)c4)c4c(N)nccn34)CC2)cc1. The number of nitrogens with zero attached hydrogens (tertiary/aromatic N) is 3. The number of hydrogen-bond acceptors (Lipinski definition) is 8. The van der Waals surface area contributed by atoms with E-state index in [0.717, 1.165) is 48.2 Å². The molecule has 1 aliphatic carbocycles. The van der Waals surface area contributed by atoms with E-state index < -0.39 is 16.9 Å². The maximum Gasteiger partial charge on any atom is 0.296 e. The Morgan fingerprint density at radius 2 is 1.86 bits per heavy atom. The van der Waals surface area contributed by atoms with Crippen LogP contribution in [0.5, 0.6) is 5.75 Å². The minimum absolute atomic E-state index is 0.154. The number of aromatic nitrogens is 3. The van der Waals surface area contributed by atoms with Crippen molar-refractivity contribution < 1.29 is 22.4 Å². The smallest absolute Gasteiger partial charge is 0.296 e. The monoisotopic (exact) mass is 522 g/mol. The highest BCUT2D eigenvalue weighted by atomic mass is 32.2. The zero-order chi connectivity index (χ0) is 26.0. The molecule has 4 aromatic rings. The number of fused-ring (bicyclic) bond motifs is 1. The standard InChI is InChI=1S/C27H30N4O5S/c1-18-5-11-23(12-6-18)37(33,34)36-16-19-7-9-20(10-8-19)27-30-24(25-26(28)29-13-14-31(25)27)21-3-2-4-22(15-21)35-17-32/h2-6,11-15,19-20,32H,7-10,16-17H2,1H3,(H2,28,29). The number of aliphatic hydroxyl groups excluding tert-OH is 1. The number of benzene rings is 2. The number of ether oxygens (including phenoxy) is 1. The molecule has 1 aliphatic rings. The third-order valence-corrected chi connectivity index (χ3v) is 8.23. The molecule has 0 unspecified atom stereocenters. The van der Waals surface area contributed by atoms with Gasteiger partial charge in [-0.2, -0.15) is 8.42 Å². The Bertz CT molecular complexity index is 1490. The molecular formula is C27H30N4O5S. The lowest BCUT2D eigenvalue weighted by Crippen LogP contribution is -2.21. The third-order valence-electron chi connectivity index (χ3n) is 6.93. The largest absolute Gasteiger partial charge is 0.468 e. The molecule has 194 valence electrons. The molecule has 5 rings (SSSR count). The van der Waals surface area contributed by atoms with E-state index in [1.807, 2.05) is 35.7 Å². The van der Waals surface area contributed by atoms with Gasteiger partial charge in [0, 0.05) is 23.9 Å². The molecule has 2 aromatic heterocycles. The lowest BCUT2D eigenvalue weighted by Gasteiger charge is -2.27. The Morgan fingerprint density at radius 1 is 1.11 bits per heavy atom. The molecule has 0 spiro atoms. The molecule has 2 heterocycles. The van der Waals surface area contributed by atoms with Crippen LogP contribution in [-0.4, -0.2) is 41.3 Å².